The van der Waals surface area contributed by atoms with Crippen molar-refractivity contribution in [2.75, 3.05) is 5.32 Å². The maximum atomic E-state index is 12.4. The molecule has 0 saturated carbocycles. The number of amides is 1. The second kappa shape index (κ2) is 6.95. The van der Waals surface area contributed by atoms with Crippen molar-refractivity contribution in [2.45, 2.75) is 6.92 Å². The molecule has 120 valence electrons. The Morgan fingerprint density at radius 3 is 2.58 bits per heavy atom. The van der Waals surface area contributed by atoms with Crippen LogP contribution >= 0.6 is 22.9 Å². The van der Waals surface area contributed by atoms with Gasteiger partial charge in [-0.15, -0.1) is 11.3 Å². The van der Waals surface area contributed by atoms with Crippen molar-refractivity contribution in [1.29, 1.82) is 0 Å². The number of hydrogen-bond acceptors (Lipinski definition) is 4. The third-order valence-electron chi connectivity index (χ3n) is 3.58. The number of nitrogens with one attached hydrogen (secondary N) is 1. The first-order valence-electron chi connectivity index (χ1n) is 7.18. The van der Waals surface area contributed by atoms with Crippen LogP contribution in [0.25, 0.3) is 11.1 Å². The highest BCUT2D eigenvalue weighted by atomic mass is 35.5. The summed E-state index contributed by atoms with van der Waals surface area (Å²) in [5.74, 6) is -0.386. The molecule has 1 heterocycles. The number of aldehydes is 1. The summed E-state index contributed by atoms with van der Waals surface area (Å²) in [7, 11) is 0. The van der Waals surface area contributed by atoms with E-state index in [0.29, 0.717) is 12.0 Å². The highest BCUT2D eigenvalue weighted by molar-refractivity contribution is 7.15. The van der Waals surface area contributed by atoms with Crippen LogP contribution in [0.15, 0.2) is 48.5 Å². The molecule has 1 N–H and O–H groups in total. The van der Waals surface area contributed by atoms with Crippen molar-refractivity contribution in [3.05, 3.63) is 69.1 Å². The van der Waals surface area contributed by atoms with Gasteiger partial charge in [0.25, 0.3) is 5.91 Å². The van der Waals surface area contributed by atoms with E-state index < -0.39 is 0 Å². The van der Waals surface area contributed by atoms with Crippen LogP contribution in [0.5, 0.6) is 0 Å². The molecule has 0 aliphatic rings. The van der Waals surface area contributed by atoms with Gasteiger partial charge in [-0.1, -0.05) is 54.1 Å². The van der Waals surface area contributed by atoms with Crippen molar-refractivity contribution in [1.82, 2.24) is 4.98 Å². The smallest absolute Gasteiger partial charge is 0.284 e. The number of thiazole rings is 1. The zero-order valence-electron chi connectivity index (χ0n) is 12.7. The van der Waals surface area contributed by atoms with Crippen LogP contribution in [0.3, 0.4) is 0 Å². The number of rotatable bonds is 4. The Bertz CT molecular complexity index is 907. The van der Waals surface area contributed by atoms with E-state index in [9.17, 15) is 9.59 Å². The van der Waals surface area contributed by atoms with Crippen molar-refractivity contribution >= 4 is 40.8 Å². The minimum absolute atomic E-state index is 0.0508. The predicted octanol–water partition coefficient (Wildman–Crippen LogP) is 4.84. The number of aromatic nitrogens is 1. The van der Waals surface area contributed by atoms with E-state index in [1.807, 2.05) is 55.5 Å². The Labute approximate surface area is 148 Å². The van der Waals surface area contributed by atoms with Gasteiger partial charge in [-0.2, -0.15) is 0 Å². The zero-order chi connectivity index (χ0) is 17.1. The molecule has 0 spiro atoms. The summed E-state index contributed by atoms with van der Waals surface area (Å²) in [6, 6.07) is 15.7. The minimum atomic E-state index is -0.386. The molecule has 0 saturated heterocycles. The number of carbonyl (C=O) groups is 2. The highest BCUT2D eigenvalue weighted by Gasteiger charge is 2.16. The number of benzene rings is 2. The molecule has 0 aliphatic heterocycles. The normalized spacial score (nSPS) is 10.4. The molecular formula is C18H13ClN2O2S. The van der Waals surface area contributed by atoms with E-state index in [0.717, 1.165) is 28.0 Å². The molecule has 0 aliphatic carbocycles. The van der Waals surface area contributed by atoms with Crippen LogP contribution in [0, 0.1) is 6.92 Å². The summed E-state index contributed by atoms with van der Waals surface area (Å²) in [5.41, 5.74) is 3.77. The maximum absolute atomic E-state index is 12.4. The quantitative estimate of drug-likeness (QED) is 0.680. The molecule has 4 nitrogen and oxygen atoms in total. The van der Waals surface area contributed by atoms with Gasteiger partial charge >= 0.3 is 0 Å². The first-order valence-corrected chi connectivity index (χ1v) is 8.37. The van der Waals surface area contributed by atoms with Crippen LogP contribution in [0.2, 0.25) is 5.15 Å². The summed E-state index contributed by atoms with van der Waals surface area (Å²) in [4.78, 5) is 27.4. The SMILES string of the molecule is Cc1c(NC(=O)c2nc(Cl)c(C=O)s2)cccc1-c1ccccc1. The zero-order valence-corrected chi connectivity index (χ0v) is 14.3. The van der Waals surface area contributed by atoms with Crippen molar-refractivity contribution in [2.24, 2.45) is 0 Å². The lowest BCUT2D eigenvalue weighted by Gasteiger charge is -2.12. The van der Waals surface area contributed by atoms with Crippen LogP contribution in [-0.4, -0.2) is 17.2 Å². The number of carbonyl (C=O) groups excluding carboxylic acids is 2. The van der Waals surface area contributed by atoms with Gasteiger partial charge in [0.1, 0.15) is 4.88 Å². The number of hydrogen-bond donors (Lipinski definition) is 1. The van der Waals surface area contributed by atoms with Crippen LogP contribution in [-0.2, 0) is 0 Å². The van der Waals surface area contributed by atoms with E-state index >= 15 is 0 Å². The molecule has 3 aromatic rings. The third kappa shape index (κ3) is 3.22. The summed E-state index contributed by atoms with van der Waals surface area (Å²) in [6.07, 6.45) is 0.595. The summed E-state index contributed by atoms with van der Waals surface area (Å²) >= 11 is 6.79. The second-order valence-corrected chi connectivity index (χ2v) is 6.48. The van der Waals surface area contributed by atoms with E-state index in [1.165, 1.54) is 0 Å². The standard InChI is InChI=1S/C18H13ClN2O2S/c1-11-13(12-6-3-2-4-7-12)8-5-9-14(11)20-17(23)18-21-16(19)15(10-22)24-18/h2-10H,1H3,(H,20,23). The first kappa shape index (κ1) is 16.4. The van der Waals surface area contributed by atoms with Gasteiger partial charge in [-0.05, 0) is 29.7 Å². The number of nitrogens with zero attached hydrogens (tertiary/aromatic N) is 1. The molecule has 1 aromatic heterocycles. The van der Waals surface area contributed by atoms with Crippen molar-refractivity contribution < 1.29 is 9.59 Å². The average molecular weight is 357 g/mol. The fraction of sp³-hybridized carbons (Fsp3) is 0.0556. The van der Waals surface area contributed by atoms with Gasteiger partial charge < -0.3 is 5.32 Å². The molecule has 0 bridgehead atoms. The molecule has 6 heteroatoms. The maximum Gasteiger partial charge on any atom is 0.284 e. The van der Waals surface area contributed by atoms with Crippen molar-refractivity contribution in [3.8, 4) is 11.1 Å². The predicted molar refractivity (Wildman–Crippen MR) is 97.1 cm³/mol. The molecule has 0 atom stereocenters. The molecule has 1 amide bonds. The topological polar surface area (TPSA) is 59.1 Å². The lowest BCUT2D eigenvalue weighted by Crippen LogP contribution is -2.12. The first-order chi connectivity index (χ1) is 11.6. The molecule has 24 heavy (non-hydrogen) atoms. The van der Waals surface area contributed by atoms with E-state index in [2.05, 4.69) is 10.3 Å². The monoisotopic (exact) mass is 356 g/mol. The van der Waals surface area contributed by atoms with Gasteiger partial charge in [0, 0.05) is 5.69 Å². The molecule has 2 aromatic carbocycles. The fourth-order valence-electron chi connectivity index (χ4n) is 2.36. The van der Waals surface area contributed by atoms with Gasteiger partial charge in [-0.3, -0.25) is 9.59 Å². The fourth-order valence-corrected chi connectivity index (χ4v) is 3.32. The van der Waals surface area contributed by atoms with Gasteiger partial charge in [0.05, 0.1) is 0 Å². The van der Waals surface area contributed by atoms with Crippen molar-refractivity contribution in [3.63, 3.8) is 0 Å². The van der Waals surface area contributed by atoms with Crippen LogP contribution in [0.4, 0.5) is 5.69 Å². The Kier molecular flexibility index (Phi) is 4.74. The molecule has 0 radical (unpaired) electrons. The van der Waals surface area contributed by atoms with Gasteiger partial charge in [-0.25, -0.2) is 4.98 Å². The Morgan fingerprint density at radius 1 is 1.17 bits per heavy atom. The molecule has 0 unspecified atom stereocenters. The Balaban J connectivity index is 1.90. The summed E-state index contributed by atoms with van der Waals surface area (Å²) in [5, 5.41) is 3.05. The average Bonchev–Trinajstić information content (AvgIpc) is 2.98. The van der Waals surface area contributed by atoms with Crippen LogP contribution < -0.4 is 5.32 Å². The number of anilines is 1. The number of halogens is 1. The molecule has 0 fully saturated rings. The second-order valence-electron chi connectivity index (χ2n) is 5.09. The highest BCUT2D eigenvalue weighted by Crippen LogP contribution is 2.29. The lowest BCUT2D eigenvalue weighted by atomic mass is 9.99. The Morgan fingerprint density at radius 2 is 1.92 bits per heavy atom. The van der Waals surface area contributed by atoms with Gasteiger partial charge in [0.2, 0.25) is 0 Å². The molecule has 3 rings (SSSR count). The van der Waals surface area contributed by atoms with Crippen LogP contribution in [0.1, 0.15) is 25.0 Å². The summed E-state index contributed by atoms with van der Waals surface area (Å²) in [6.45, 7) is 1.95. The largest absolute Gasteiger partial charge is 0.320 e. The summed E-state index contributed by atoms with van der Waals surface area (Å²) < 4.78 is 0. The Hall–Kier alpha value is -2.50. The van der Waals surface area contributed by atoms with E-state index in [1.54, 1.807) is 0 Å². The van der Waals surface area contributed by atoms with E-state index in [4.69, 9.17) is 11.6 Å². The minimum Gasteiger partial charge on any atom is -0.320 e. The lowest BCUT2D eigenvalue weighted by molar-refractivity contribution is 0.102. The third-order valence-corrected chi connectivity index (χ3v) is 4.96. The van der Waals surface area contributed by atoms with Gasteiger partial charge in [0.15, 0.2) is 16.4 Å². The van der Waals surface area contributed by atoms with E-state index in [-0.39, 0.29) is 20.9 Å². The molecular weight excluding hydrogens is 344 g/mol.